The van der Waals surface area contributed by atoms with E-state index in [1.807, 2.05) is 6.92 Å². The van der Waals surface area contributed by atoms with E-state index in [1.165, 1.54) is 0 Å². The van der Waals surface area contributed by atoms with Crippen molar-refractivity contribution in [3.63, 3.8) is 0 Å². The summed E-state index contributed by atoms with van der Waals surface area (Å²) in [6, 6.07) is -1.33. The van der Waals surface area contributed by atoms with Gasteiger partial charge in [-0.3, -0.25) is 0 Å². The van der Waals surface area contributed by atoms with Crippen molar-refractivity contribution in [3.05, 3.63) is 24.3 Å². The number of aryl methyl sites for hydroxylation is 1. The molecule has 0 saturated carbocycles. The van der Waals surface area contributed by atoms with Gasteiger partial charge in [-0.25, -0.2) is 14.8 Å². The van der Waals surface area contributed by atoms with Crippen LogP contribution in [0.1, 0.15) is 37.8 Å². The molecule has 2 heterocycles. The van der Waals surface area contributed by atoms with Gasteiger partial charge in [0.1, 0.15) is 12.7 Å². The third-order valence-electron chi connectivity index (χ3n) is 3.09. The lowest BCUT2D eigenvalue weighted by Gasteiger charge is -2.18. The van der Waals surface area contributed by atoms with Gasteiger partial charge < -0.3 is 0 Å². The fourth-order valence-corrected chi connectivity index (χ4v) is 1.86. The van der Waals surface area contributed by atoms with Crippen LogP contribution in [0.4, 0.5) is 26.7 Å². The molecule has 132 valence electrons. The van der Waals surface area contributed by atoms with Gasteiger partial charge in [0.15, 0.2) is 5.82 Å². The van der Waals surface area contributed by atoms with Crippen LogP contribution < -0.4 is 0 Å². The largest absolute Gasteiger partial charge is 0.461 e. The Morgan fingerprint density at radius 3 is 2.46 bits per heavy atom. The van der Waals surface area contributed by atoms with Gasteiger partial charge in [0, 0.05) is 6.42 Å². The van der Waals surface area contributed by atoms with Crippen molar-refractivity contribution in [1.82, 2.24) is 29.5 Å². The minimum absolute atomic E-state index is 0.0758. The third kappa shape index (κ3) is 3.41. The van der Waals surface area contributed by atoms with Gasteiger partial charge in [0.2, 0.25) is 5.82 Å². The molecule has 0 aromatic carbocycles. The van der Waals surface area contributed by atoms with Crippen LogP contribution in [-0.2, 0) is 12.3 Å². The Balaban J connectivity index is 2.45. The van der Waals surface area contributed by atoms with Crippen molar-refractivity contribution in [3.8, 4) is 0 Å². The number of carbonyl (C=O) groups is 1. The van der Waals surface area contributed by atoms with Crippen LogP contribution in [0.15, 0.2) is 12.7 Å². The predicted molar refractivity (Wildman–Crippen MR) is 69.4 cm³/mol. The van der Waals surface area contributed by atoms with E-state index >= 15 is 0 Å². The van der Waals surface area contributed by atoms with Crippen molar-refractivity contribution in [2.24, 2.45) is 0 Å². The molecule has 2 aromatic heterocycles. The van der Waals surface area contributed by atoms with Crippen molar-refractivity contribution in [2.75, 3.05) is 0 Å². The fraction of sp³-hybridized carbons (Fsp3) is 0.583. The molecular weight excluding hydrogens is 339 g/mol. The molecule has 0 bridgehead atoms. The monoisotopic (exact) mass is 352 g/mol. The summed E-state index contributed by atoms with van der Waals surface area (Å²) < 4.78 is 65.7. The maximum absolute atomic E-state index is 13.7. The standard InChI is InChI=1S/C12H13F5N6O/c1-2-3-4-5-8-20-9(11(13,14)12(15,16)17)23(21-8)10(24)22-7-18-6-19-22/h6-7H,2-5H2,1H3. The molecule has 0 spiro atoms. The van der Waals surface area contributed by atoms with Crippen molar-refractivity contribution in [1.29, 1.82) is 0 Å². The zero-order valence-corrected chi connectivity index (χ0v) is 12.5. The maximum Gasteiger partial charge on any atom is 0.461 e. The molecule has 0 unspecified atom stereocenters. The Bertz CT molecular complexity index is 693. The number of halogens is 5. The first-order chi connectivity index (χ1) is 11.2. The van der Waals surface area contributed by atoms with E-state index in [0.29, 0.717) is 11.1 Å². The number of unbranched alkanes of at least 4 members (excludes halogenated alkanes) is 2. The predicted octanol–water partition coefficient (Wildman–Crippen LogP) is 2.77. The number of alkyl halides is 5. The quantitative estimate of drug-likeness (QED) is 0.611. The van der Waals surface area contributed by atoms with Crippen LogP contribution in [0.2, 0.25) is 0 Å². The summed E-state index contributed by atoms with van der Waals surface area (Å²) >= 11 is 0. The van der Waals surface area contributed by atoms with E-state index in [9.17, 15) is 26.7 Å². The molecule has 0 radical (unpaired) electrons. The van der Waals surface area contributed by atoms with E-state index in [-0.39, 0.29) is 16.9 Å². The zero-order valence-electron chi connectivity index (χ0n) is 12.5. The van der Waals surface area contributed by atoms with Crippen LogP contribution >= 0.6 is 0 Å². The fourth-order valence-electron chi connectivity index (χ4n) is 1.86. The summed E-state index contributed by atoms with van der Waals surface area (Å²) in [7, 11) is 0. The molecule has 2 rings (SSSR count). The topological polar surface area (TPSA) is 78.5 Å². The highest BCUT2D eigenvalue weighted by molar-refractivity contribution is 5.77. The van der Waals surface area contributed by atoms with Gasteiger partial charge in [0.25, 0.3) is 0 Å². The molecule has 0 N–H and O–H groups in total. The lowest BCUT2D eigenvalue weighted by atomic mass is 10.2. The number of aromatic nitrogens is 6. The lowest BCUT2D eigenvalue weighted by molar-refractivity contribution is -0.293. The SMILES string of the molecule is CCCCCc1nc(C(F)(F)C(F)(F)F)n(C(=O)n2cncn2)n1. The summed E-state index contributed by atoms with van der Waals surface area (Å²) in [5.41, 5.74) is 0. The molecule has 0 amide bonds. The second-order valence-corrected chi connectivity index (χ2v) is 4.92. The normalized spacial score (nSPS) is 12.6. The van der Waals surface area contributed by atoms with Crippen LogP contribution in [0.25, 0.3) is 0 Å². The zero-order chi connectivity index (χ0) is 18.0. The summed E-state index contributed by atoms with van der Waals surface area (Å²) in [5, 5.41) is 6.91. The molecule has 0 aliphatic rings. The highest BCUT2D eigenvalue weighted by atomic mass is 19.4. The first kappa shape index (κ1) is 17.9. The van der Waals surface area contributed by atoms with Gasteiger partial charge in [0.05, 0.1) is 0 Å². The first-order valence-electron chi connectivity index (χ1n) is 6.98. The van der Waals surface area contributed by atoms with E-state index in [0.717, 1.165) is 25.5 Å². The molecule has 12 heteroatoms. The minimum atomic E-state index is -5.92. The lowest BCUT2D eigenvalue weighted by Crippen LogP contribution is -2.38. The average Bonchev–Trinajstić information content (AvgIpc) is 3.15. The van der Waals surface area contributed by atoms with Crippen LogP contribution in [0.3, 0.4) is 0 Å². The van der Waals surface area contributed by atoms with Gasteiger partial charge in [-0.2, -0.15) is 36.4 Å². The van der Waals surface area contributed by atoms with Crippen LogP contribution in [0, 0.1) is 0 Å². The minimum Gasteiger partial charge on any atom is -0.243 e. The Labute approximate surface area is 132 Å². The van der Waals surface area contributed by atoms with Crippen molar-refractivity contribution in [2.45, 2.75) is 44.7 Å². The van der Waals surface area contributed by atoms with Gasteiger partial charge in [-0.1, -0.05) is 19.8 Å². The smallest absolute Gasteiger partial charge is 0.243 e. The second kappa shape index (κ2) is 6.61. The molecule has 0 aliphatic carbocycles. The molecule has 0 atom stereocenters. The average molecular weight is 352 g/mol. The molecule has 24 heavy (non-hydrogen) atoms. The third-order valence-corrected chi connectivity index (χ3v) is 3.09. The maximum atomic E-state index is 13.7. The Kier molecular flexibility index (Phi) is 4.94. The van der Waals surface area contributed by atoms with Crippen LogP contribution in [0.5, 0.6) is 0 Å². The Morgan fingerprint density at radius 1 is 1.21 bits per heavy atom. The van der Waals surface area contributed by atoms with Crippen molar-refractivity contribution >= 4 is 6.03 Å². The molecule has 0 saturated heterocycles. The number of rotatable bonds is 5. The second-order valence-electron chi connectivity index (χ2n) is 4.92. The number of hydrogen-bond acceptors (Lipinski definition) is 5. The number of hydrogen-bond donors (Lipinski definition) is 0. The molecule has 7 nitrogen and oxygen atoms in total. The summed E-state index contributed by atoms with van der Waals surface area (Å²) in [6.07, 6.45) is -2.03. The Morgan fingerprint density at radius 2 is 1.92 bits per heavy atom. The van der Waals surface area contributed by atoms with Crippen molar-refractivity contribution < 1.29 is 26.7 Å². The first-order valence-corrected chi connectivity index (χ1v) is 6.98. The van der Waals surface area contributed by atoms with Crippen LogP contribution in [-0.4, -0.2) is 41.7 Å². The summed E-state index contributed by atoms with van der Waals surface area (Å²) in [4.78, 5) is 18.8. The van der Waals surface area contributed by atoms with Gasteiger partial charge >= 0.3 is 18.1 Å². The van der Waals surface area contributed by atoms with Gasteiger partial charge in [-0.15, -0.1) is 5.10 Å². The van der Waals surface area contributed by atoms with E-state index in [1.54, 1.807) is 0 Å². The van der Waals surface area contributed by atoms with E-state index in [4.69, 9.17) is 0 Å². The Hall–Kier alpha value is -2.40. The number of carbonyl (C=O) groups excluding carboxylic acids is 1. The molecular formula is C12H13F5N6O. The van der Waals surface area contributed by atoms with E-state index < -0.39 is 24.0 Å². The molecule has 0 aliphatic heterocycles. The summed E-state index contributed by atoms with van der Waals surface area (Å²) in [5.74, 6) is -7.39. The molecule has 0 fully saturated rings. The van der Waals surface area contributed by atoms with Gasteiger partial charge in [-0.05, 0) is 6.42 Å². The summed E-state index contributed by atoms with van der Waals surface area (Å²) in [6.45, 7) is 1.89. The molecule has 2 aromatic rings. The highest BCUT2D eigenvalue weighted by Gasteiger charge is 2.62. The van der Waals surface area contributed by atoms with E-state index in [2.05, 4.69) is 20.2 Å². The number of nitrogens with zero attached hydrogens (tertiary/aromatic N) is 6. The highest BCUT2D eigenvalue weighted by Crippen LogP contribution is 2.43.